The number of amides is 1. The van der Waals surface area contributed by atoms with Crippen molar-refractivity contribution in [2.45, 2.75) is 26.3 Å². The largest absolute Gasteiger partial charge is 0.480 e. The van der Waals surface area contributed by atoms with E-state index in [9.17, 15) is 24.3 Å². The van der Waals surface area contributed by atoms with E-state index in [-0.39, 0.29) is 18.8 Å². The van der Waals surface area contributed by atoms with Crippen LogP contribution in [0.2, 0.25) is 0 Å². The molecule has 1 aromatic rings. The van der Waals surface area contributed by atoms with Crippen molar-refractivity contribution in [2.75, 3.05) is 13.2 Å². The van der Waals surface area contributed by atoms with Gasteiger partial charge >= 0.3 is 17.9 Å². The van der Waals surface area contributed by atoms with Crippen molar-refractivity contribution in [1.29, 1.82) is 0 Å². The Labute approximate surface area is 144 Å². The maximum atomic E-state index is 12.2. The third-order valence-corrected chi connectivity index (χ3v) is 3.18. The third kappa shape index (κ3) is 6.21. The summed E-state index contributed by atoms with van der Waals surface area (Å²) in [5.41, 5.74) is 0.167. The summed E-state index contributed by atoms with van der Waals surface area (Å²) in [5.74, 6) is -5.26. The molecule has 9 nitrogen and oxygen atoms in total. The number of pyridine rings is 1. The quantitative estimate of drug-likeness (QED) is 0.610. The molecular weight excluding hydrogens is 332 g/mol. The Morgan fingerprint density at radius 2 is 1.72 bits per heavy atom. The number of hydrogen-bond acceptors (Lipinski definition) is 7. The monoisotopic (exact) mass is 352 g/mol. The van der Waals surface area contributed by atoms with Crippen molar-refractivity contribution in [3.05, 3.63) is 30.1 Å². The summed E-state index contributed by atoms with van der Waals surface area (Å²) in [7, 11) is 0. The summed E-state index contributed by atoms with van der Waals surface area (Å²) in [6.45, 7) is 3.21. The second-order valence-electron chi connectivity index (χ2n) is 4.89. The molecule has 0 radical (unpaired) electrons. The van der Waals surface area contributed by atoms with Gasteiger partial charge < -0.3 is 19.9 Å². The number of aliphatic carboxylic acids is 1. The molecule has 2 atom stereocenters. The van der Waals surface area contributed by atoms with E-state index < -0.39 is 42.2 Å². The average Bonchev–Trinajstić information content (AvgIpc) is 2.58. The molecule has 0 fully saturated rings. The number of carbonyl (C=O) groups excluding carboxylic acids is 3. The van der Waals surface area contributed by atoms with Crippen LogP contribution in [0.25, 0.3) is 0 Å². The lowest BCUT2D eigenvalue weighted by Crippen LogP contribution is -2.49. The Bertz CT molecular complexity index is 618. The number of esters is 2. The maximum Gasteiger partial charge on any atom is 0.327 e. The zero-order chi connectivity index (χ0) is 18.8. The molecule has 1 aromatic heterocycles. The number of carboxylic acid groups (broad SMARTS) is 1. The molecule has 136 valence electrons. The van der Waals surface area contributed by atoms with Crippen molar-refractivity contribution in [2.24, 2.45) is 5.92 Å². The molecule has 0 aromatic carbocycles. The SMILES string of the molecule is CCOC(=O)C[C@@H](C(=O)OCC)[C@@H](NC(=O)c1ccncc1)C(=O)O. The van der Waals surface area contributed by atoms with Gasteiger partial charge in [0, 0.05) is 18.0 Å². The number of aromatic nitrogens is 1. The van der Waals surface area contributed by atoms with Crippen LogP contribution in [0.1, 0.15) is 30.6 Å². The molecule has 2 N–H and O–H groups in total. The van der Waals surface area contributed by atoms with Crippen LogP contribution < -0.4 is 5.32 Å². The smallest absolute Gasteiger partial charge is 0.327 e. The lowest BCUT2D eigenvalue weighted by molar-refractivity contribution is -0.159. The Morgan fingerprint density at radius 1 is 1.12 bits per heavy atom. The minimum Gasteiger partial charge on any atom is -0.480 e. The molecule has 25 heavy (non-hydrogen) atoms. The van der Waals surface area contributed by atoms with Gasteiger partial charge in [0.1, 0.15) is 6.04 Å². The predicted molar refractivity (Wildman–Crippen MR) is 84.5 cm³/mol. The van der Waals surface area contributed by atoms with Gasteiger partial charge in [-0.1, -0.05) is 0 Å². The van der Waals surface area contributed by atoms with E-state index in [1.807, 2.05) is 0 Å². The van der Waals surface area contributed by atoms with Crippen molar-refractivity contribution in [3.8, 4) is 0 Å². The fourth-order valence-corrected chi connectivity index (χ4v) is 2.05. The van der Waals surface area contributed by atoms with Crippen molar-refractivity contribution in [3.63, 3.8) is 0 Å². The van der Waals surface area contributed by atoms with Gasteiger partial charge in [-0.15, -0.1) is 0 Å². The Morgan fingerprint density at radius 3 is 2.24 bits per heavy atom. The molecule has 1 heterocycles. The van der Waals surface area contributed by atoms with Crippen molar-refractivity contribution < 1.29 is 33.8 Å². The van der Waals surface area contributed by atoms with Crippen LogP contribution in [-0.4, -0.2) is 53.2 Å². The average molecular weight is 352 g/mol. The first-order valence-electron chi connectivity index (χ1n) is 7.66. The molecule has 0 aliphatic rings. The van der Waals surface area contributed by atoms with Gasteiger partial charge in [-0.2, -0.15) is 0 Å². The van der Waals surface area contributed by atoms with Gasteiger partial charge in [0.05, 0.1) is 25.6 Å². The van der Waals surface area contributed by atoms with Gasteiger partial charge in [-0.3, -0.25) is 19.4 Å². The molecule has 1 rings (SSSR count). The first-order valence-corrected chi connectivity index (χ1v) is 7.66. The van der Waals surface area contributed by atoms with Crippen LogP contribution in [0.4, 0.5) is 0 Å². The minimum atomic E-state index is -1.65. The predicted octanol–water partition coefficient (Wildman–Crippen LogP) is 0.397. The molecule has 0 spiro atoms. The summed E-state index contributed by atoms with van der Waals surface area (Å²) in [4.78, 5) is 51.3. The van der Waals surface area contributed by atoms with E-state index in [0.29, 0.717) is 0 Å². The summed E-state index contributed by atoms with van der Waals surface area (Å²) < 4.78 is 9.59. The third-order valence-electron chi connectivity index (χ3n) is 3.18. The summed E-state index contributed by atoms with van der Waals surface area (Å²) >= 11 is 0. The molecule has 0 aliphatic carbocycles. The van der Waals surface area contributed by atoms with Crippen LogP contribution in [-0.2, 0) is 23.9 Å². The van der Waals surface area contributed by atoms with Crippen molar-refractivity contribution in [1.82, 2.24) is 10.3 Å². The molecule has 0 saturated carbocycles. The van der Waals surface area contributed by atoms with Crippen LogP contribution >= 0.6 is 0 Å². The number of ether oxygens (including phenoxy) is 2. The fourth-order valence-electron chi connectivity index (χ4n) is 2.05. The molecule has 0 saturated heterocycles. The van der Waals surface area contributed by atoms with E-state index in [0.717, 1.165) is 0 Å². The molecule has 0 bridgehead atoms. The summed E-state index contributed by atoms with van der Waals surface area (Å²) in [5, 5.41) is 11.7. The first-order chi connectivity index (χ1) is 11.9. The Hall–Kier alpha value is -2.97. The van der Waals surface area contributed by atoms with Crippen molar-refractivity contribution >= 4 is 23.8 Å². The number of carbonyl (C=O) groups is 4. The zero-order valence-corrected chi connectivity index (χ0v) is 13.9. The van der Waals surface area contributed by atoms with Gasteiger partial charge in [0.25, 0.3) is 5.91 Å². The van der Waals surface area contributed by atoms with E-state index in [4.69, 9.17) is 9.47 Å². The highest BCUT2D eigenvalue weighted by atomic mass is 16.5. The van der Waals surface area contributed by atoms with E-state index in [1.54, 1.807) is 13.8 Å². The molecule has 9 heteroatoms. The normalized spacial score (nSPS) is 12.6. The van der Waals surface area contributed by atoms with Gasteiger partial charge in [0.2, 0.25) is 0 Å². The van der Waals surface area contributed by atoms with E-state index in [1.165, 1.54) is 24.5 Å². The topological polar surface area (TPSA) is 132 Å². The summed E-state index contributed by atoms with van der Waals surface area (Å²) in [6.07, 6.45) is 2.21. The van der Waals surface area contributed by atoms with Gasteiger partial charge in [0.15, 0.2) is 0 Å². The van der Waals surface area contributed by atoms with Crippen LogP contribution in [0.5, 0.6) is 0 Å². The maximum absolute atomic E-state index is 12.2. The number of hydrogen-bond donors (Lipinski definition) is 2. The Kier molecular flexibility index (Phi) is 8.04. The van der Waals surface area contributed by atoms with Crippen LogP contribution in [0.15, 0.2) is 24.5 Å². The Balaban J connectivity index is 3.01. The zero-order valence-electron chi connectivity index (χ0n) is 13.9. The highest BCUT2D eigenvalue weighted by Crippen LogP contribution is 2.15. The van der Waals surface area contributed by atoms with Gasteiger partial charge in [-0.05, 0) is 26.0 Å². The highest BCUT2D eigenvalue weighted by molar-refractivity contribution is 5.98. The molecule has 0 unspecified atom stereocenters. The van der Waals surface area contributed by atoms with Crippen LogP contribution in [0.3, 0.4) is 0 Å². The van der Waals surface area contributed by atoms with E-state index >= 15 is 0 Å². The van der Waals surface area contributed by atoms with Gasteiger partial charge in [-0.25, -0.2) is 4.79 Å². The second-order valence-corrected chi connectivity index (χ2v) is 4.89. The standard InChI is InChI=1S/C16H20N2O7/c1-3-24-12(19)9-11(16(23)25-4-2)13(15(21)22)18-14(20)10-5-7-17-8-6-10/h5-8,11,13H,3-4,9H2,1-2H3,(H,18,20)(H,21,22)/t11-,13-/m1/s1. The fraction of sp³-hybridized carbons (Fsp3) is 0.438. The number of rotatable bonds is 9. The second kappa shape index (κ2) is 10.0. The number of carboxylic acids is 1. The first kappa shape index (κ1) is 20.1. The molecule has 0 aliphatic heterocycles. The molecule has 1 amide bonds. The molecular formula is C16H20N2O7. The lowest BCUT2D eigenvalue weighted by atomic mass is 9.95. The van der Waals surface area contributed by atoms with E-state index in [2.05, 4.69) is 10.3 Å². The minimum absolute atomic E-state index is 0.00278. The number of nitrogens with one attached hydrogen (secondary N) is 1. The number of nitrogens with zero attached hydrogens (tertiary/aromatic N) is 1. The van der Waals surface area contributed by atoms with Crippen LogP contribution in [0, 0.1) is 5.92 Å². The highest BCUT2D eigenvalue weighted by Gasteiger charge is 2.38. The lowest BCUT2D eigenvalue weighted by Gasteiger charge is -2.22. The summed E-state index contributed by atoms with van der Waals surface area (Å²) in [6, 6.07) is 1.13.